The fourth-order valence-corrected chi connectivity index (χ4v) is 1.24. The quantitative estimate of drug-likeness (QED) is 0.461. The van der Waals surface area contributed by atoms with Crippen LogP contribution in [0.4, 0.5) is 5.69 Å². The number of rotatable bonds is 0. The molecule has 2 aromatic rings. The molecule has 0 radical (unpaired) electrons. The summed E-state index contributed by atoms with van der Waals surface area (Å²) in [5.41, 5.74) is 7.48. The summed E-state index contributed by atoms with van der Waals surface area (Å²) in [5.74, 6) is 0.0665. The van der Waals surface area contributed by atoms with Crippen molar-refractivity contribution in [2.75, 3.05) is 5.73 Å². The van der Waals surface area contributed by atoms with Crippen molar-refractivity contribution in [3.63, 3.8) is 0 Å². The van der Waals surface area contributed by atoms with Crippen molar-refractivity contribution >= 4 is 16.7 Å². The topological polar surface area (TPSA) is 59.4 Å². The lowest BCUT2D eigenvalue weighted by Crippen LogP contribution is -1.85. The van der Waals surface area contributed by atoms with Gasteiger partial charge >= 0.3 is 0 Å². The molecule has 2 rings (SSSR count). The second-order valence-electron chi connectivity index (χ2n) is 2.79. The van der Waals surface area contributed by atoms with Crippen LogP contribution in [-0.4, -0.2) is 5.11 Å². The highest BCUT2D eigenvalue weighted by Crippen LogP contribution is 2.31. The van der Waals surface area contributed by atoms with Gasteiger partial charge in [-0.15, -0.1) is 0 Å². The summed E-state index contributed by atoms with van der Waals surface area (Å²) in [5, 5.41) is 10.2. The molecule has 1 aromatic heterocycles. The highest BCUT2D eigenvalue weighted by molar-refractivity contribution is 5.93. The Balaban J connectivity index is 2.93. The molecule has 0 aliphatic carbocycles. The number of furan rings is 1. The molecule has 0 aliphatic heterocycles. The first-order chi connectivity index (χ1) is 5.70. The zero-order chi connectivity index (χ0) is 8.72. The minimum absolute atomic E-state index is 0.0665. The minimum atomic E-state index is 0.0665. The molecule has 0 fully saturated rings. The van der Waals surface area contributed by atoms with E-state index in [9.17, 15) is 5.11 Å². The third kappa shape index (κ3) is 0.763. The maximum Gasteiger partial charge on any atom is 0.160 e. The van der Waals surface area contributed by atoms with Crippen molar-refractivity contribution in [1.29, 1.82) is 0 Å². The largest absolute Gasteiger partial charge is 0.506 e. The number of hydrogen-bond acceptors (Lipinski definition) is 3. The first-order valence-electron chi connectivity index (χ1n) is 3.65. The summed E-state index contributed by atoms with van der Waals surface area (Å²) in [4.78, 5) is 0. The van der Waals surface area contributed by atoms with Gasteiger partial charge in [-0.25, -0.2) is 0 Å². The molecular weight excluding hydrogens is 154 g/mol. The van der Waals surface area contributed by atoms with Gasteiger partial charge in [-0.3, -0.25) is 0 Å². The number of fused-ring (bicyclic) bond motifs is 1. The zero-order valence-corrected chi connectivity index (χ0v) is 6.66. The maximum atomic E-state index is 9.24. The molecule has 0 saturated carbocycles. The SMILES string of the molecule is Cc1coc2c(N)c(O)ccc12. The molecule has 3 nitrogen and oxygen atoms in total. The third-order valence-electron chi connectivity index (χ3n) is 1.95. The lowest BCUT2D eigenvalue weighted by atomic mass is 10.1. The molecule has 0 bridgehead atoms. The molecule has 3 heteroatoms. The normalized spacial score (nSPS) is 10.8. The Bertz CT molecular complexity index is 431. The molecule has 0 atom stereocenters. The second kappa shape index (κ2) is 2.17. The van der Waals surface area contributed by atoms with Gasteiger partial charge < -0.3 is 15.3 Å². The lowest BCUT2D eigenvalue weighted by molar-refractivity contribution is 0.477. The third-order valence-corrected chi connectivity index (χ3v) is 1.95. The predicted molar refractivity (Wildman–Crippen MR) is 47.0 cm³/mol. The number of phenolic OH excluding ortho intramolecular Hbond substituents is 1. The van der Waals surface area contributed by atoms with E-state index in [2.05, 4.69) is 0 Å². The molecule has 0 saturated heterocycles. The molecule has 0 spiro atoms. The summed E-state index contributed by atoms with van der Waals surface area (Å²) >= 11 is 0. The van der Waals surface area contributed by atoms with Crippen molar-refractivity contribution in [2.45, 2.75) is 6.92 Å². The van der Waals surface area contributed by atoms with Gasteiger partial charge in [0.1, 0.15) is 11.4 Å². The van der Waals surface area contributed by atoms with E-state index in [1.54, 1.807) is 18.4 Å². The van der Waals surface area contributed by atoms with Crippen molar-refractivity contribution in [3.8, 4) is 5.75 Å². The Morgan fingerprint density at radius 2 is 2.17 bits per heavy atom. The fourth-order valence-electron chi connectivity index (χ4n) is 1.24. The average Bonchev–Trinajstić information content (AvgIpc) is 2.41. The van der Waals surface area contributed by atoms with E-state index in [0.29, 0.717) is 11.3 Å². The van der Waals surface area contributed by atoms with Gasteiger partial charge in [-0.1, -0.05) is 0 Å². The maximum absolute atomic E-state index is 9.24. The predicted octanol–water partition coefficient (Wildman–Crippen LogP) is 2.03. The van der Waals surface area contributed by atoms with Gasteiger partial charge in [0.05, 0.1) is 6.26 Å². The Morgan fingerprint density at radius 3 is 2.92 bits per heavy atom. The lowest BCUT2D eigenvalue weighted by Gasteiger charge is -1.97. The van der Waals surface area contributed by atoms with Crippen LogP contribution < -0.4 is 5.73 Å². The smallest absolute Gasteiger partial charge is 0.160 e. The molecule has 0 unspecified atom stereocenters. The number of aryl methyl sites for hydroxylation is 1. The van der Waals surface area contributed by atoms with Crippen LogP contribution in [0.15, 0.2) is 22.8 Å². The van der Waals surface area contributed by atoms with Crippen LogP contribution >= 0.6 is 0 Å². The van der Waals surface area contributed by atoms with Crippen LogP contribution in [0.5, 0.6) is 5.75 Å². The van der Waals surface area contributed by atoms with Crippen molar-refractivity contribution in [1.82, 2.24) is 0 Å². The first kappa shape index (κ1) is 7.03. The van der Waals surface area contributed by atoms with Crippen molar-refractivity contribution in [2.24, 2.45) is 0 Å². The van der Waals surface area contributed by atoms with Crippen LogP contribution in [0, 0.1) is 6.92 Å². The number of benzene rings is 1. The zero-order valence-electron chi connectivity index (χ0n) is 6.66. The van der Waals surface area contributed by atoms with Gasteiger partial charge in [-0.05, 0) is 24.6 Å². The molecule has 0 aliphatic rings. The average molecular weight is 163 g/mol. The van der Waals surface area contributed by atoms with Crippen LogP contribution in [0.3, 0.4) is 0 Å². The number of anilines is 1. The number of phenols is 1. The Kier molecular flexibility index (Phi) is 1.27. The van der Waals surface area contributed by atoms with Crippen molar-refractivity contribution < 1.29 is 9.52 Å². The molecule has 62 valence electrons. The molecule has 1 aromatic carbocycles. The summed E-state index contributed by atoms with van der Waals surface area (Å²) in [6.07, 6.45) is 1.63. The van der Waals surface area contributed by atoms with Gasteiger partial charge in [-0.2, -0.15) is 0 Å². The molecule has 1 heterocycles. The highest BCUT2D eigenvalue weighted by Gasteiger charge is 2.07. The standard InChI is InChI=1S/C9H9NO2/c1-5-4-12-9-6(5)2-3-7(11)8(9)10/h2-4,11H,10H2,1H3. The molecular formula is C9H9NO2. The minimum Gasteiger partial charge on any atom is -0.506 e. The first-order valence-corrected chi connectivity index (χ1v) is 3.65. The van der Waals surface area contributed by atoms with E-state index >= 15 is 0 Å². The van der Waals surface area contributed by atoms with E-state index in [1.807, 2.05) is 6.92 Å². The Hall–Kier alpha value is -1.64. The van der Waals surface area contributed by atoms with E-state index < -0.39 is 0 Å². The van der Waals surface area contributed by atoms with Crippen LogP contribution in [-0.2, 0) is 0 Å². The number of hydrogen-bond donors (Lipinski definition) is 2. The molecule has 3 N–H and O–H groups in total. The Labute approximate surface area is 69.4 Å². The summed E-state index contributed by atoms with van der Waals surface area (Å²) in [6, 6.07) is 3.36. The van der Waals surface area contributed by atoms with E-state index in [-0.39, 0.29) is 5.75 Å². The van der Waals surface area contributed by atoms with Crippen LogP contribution in [0.25, 0.3) is 11.0 Å². The summed E-state index contributed by atoms with van der Waals surface area (Å²) < 4.78 is 5.18. The highest BCUT2D eigenvalue weighted by atomic mass is 16.3. The fraction of sp³-hybridized carbons (Fsp3) is 0.111. The number of nitrogen functional groups attached to an aromatic ring is 1. The molecule has 0 amide bonds. The van der Waals surface area contributed by atoms with Gasteiger partial charge in [0.25, 0.3) is 0 Å². The summed E-state index contributed by atoms with van der Waals surface area (Å²) in [6.45, 7) is 1.93. The van der Waals surface area contributed by atoms with Gasteiger partial charge in [0, 0.05) is 5.39 Å². The molecule has 12 heavy (non-hydrogen) atoms. The van der Waals surface area contributed by atoms with Crippen molar-refractivity contribution in [3.05, 3.63) is 24.0 Å². The van der Waals surface area contributed by atoms with Crippen LogP contribution in [0.2, 0.25) is 0 Å². The Morgan fingerprint density at radius 1 is 1.42 bits per heavy atom. The van der Waals surface area contributed by atoms with Gasteiger partial charge in [0.15, 0.2) is 5.58 Å². The van der Waals surface area contributed by atoms with Gasteiger partial charge in [0.2, 0.25) is 0 Å². The van der Waals surface area contributed by atoms with E-state index in [0.717, 1.165) is 10.9 Å². The number of nitrogens with two attached hydrogens (primary N) is 1. The summed E-state index contributed by atoms with van der Waals surface area (Å²) in [7, 11) is 0. The van der Waals surface area contributed by atoms with E-state index in [4.69, 9.17) is 10.2 Å². The van der Waals surface area contributed by atoms with Crippen LogP contribution in [0.1, 0.15) is 5.56 Å². The van der Waals surface area contributed by atoms with E-state index in [1.165, 1.54) is 0 Å². The second-order valence-corrected chi connectivity index (χ2v) is 2.79. The number of aromatic hydroxyl groups is 1. The monoisotopic (exact) mass is 163 g/mol.